The van der Waals surface area contributed by atoms with Crippen LogP contribution in [-0.2, 0) is 14.9 Å². The number of hydrogen-bond donors (Lipinski definition) is 2. The number of alkyl halides is 3. The van der Waals surface area contributed by atoms with Crippen LogP contribution >= 0.6 is 22.6 Å². The van der Waals surface area contributed by atoms with Crippen LogP contribution in [0.1, 0.15) is 10.4 Å². The van der Waals surface area contributed by atoms with Crippen LogP contribution in [-0.4, -0.2) is 37.0 Å². The fraction of sp³-hybridized carbons (Fsp3) is 0.300. The molecule has 0 aliphatic rings. The van der Waals surface area contributed by atoms with Gasteiger partial charge in [-0.2, -0.15) is 21.6 Å². The van der Waals surface area contributed by atoms with Crippen molar-refractivity contribution in [2.45, 2.75) is 12.3 Å². The molecule has 0 saturated carbocycles. The molecule has 0 aliphatic heterocycles. The van der Waals surface area contributed by atoms with Crippen molar-refractivity contribution in [2.75, 3.05) is 11.5 Å². The Kier molecular flexibility index (Phi) is 5.44. The van der Waals surface area contributed by atoms with Crippen LogP contribution in [0, 0.1) is 3.57 Å². The molecular weight excluding hydrogens is 430 g/mol. The van der Waals surface area contributed by atoms with Crippen molar-refractivity contribution in [1.29, 1.82) is 0 Å². The summed E-state index contributed by atoms with van der Waals surface area (Å²) < 4.78 is 72.1. The van der Waals surface area contributed by atoms with Gasteiger partial charge in [0.25, 0.3) is 10.1 Å². The Morgan fingerprint density at radius 1 is 1.43 bits per heavy atom. The average molecular weight is 439 g/mol. The highest BCUT2D eigenvalue weighted by Gasteiger charge is 2.45. The Balaban J connectivity index is 3.03. The van der Waals surface area contributed by atoms with Crippen molar-refractivity contribution >= 4 is 44.4 Å². The van der Waals surface area contributed by atoms with Crippen molar-refractivity contribution < 1.29 is 35.7 Å². The number of benzene rings is 1. The summed E-state index contributed by atoms with van der Waals surface area (Å²) >= 11 is 1.81. The maximum atomic E-state index is 12.6. The molecule has 118 valence electrons. The maximum absolute atomic E-state index is 12.6. The van der Waals surface area contributed by atoms with Gasteiger partial charge in [0.1, 0.15) is 5.75 Å². The van der Waals surface area contributed by atoms with Gasteiger partial charge in [-0.1, -0.05) is 0 Å². The van der Waals surface area contributed by atoms with E-state index in [1.807, 2.05) is 0 Å². The molecule has 0 heterocycles. The molecule has 0 bridgehead atoms. The van der Waals surface area contributed by atoms with Gasteiger partial charge in [0.2, 0.25) is 6.10 Å². The summed E-state index contributed by atoms with van der Waals surface area (Å²) in [5.74, 6) is -3.22. The molecule has 0 saturated heterocycles. The summed E-state index contributed by atoms with van der Waals surface area (Å²) in [5, 5.41) is 0. The third-order valence-electron chi connectivity index (χ3n) is 2.21. The zero-order valence-corrected chi connectivity index (χ0v) is 13.1. The Morgan fingerprint density at radius 3 is 2.48 bits per heavy atom. The van der Waals surface area contributed by atoms with Crippen LogP contribution in [0.15, 0.2) is 18.2 Å². The van der Waals surface area contributed by atoms with E-state index >= 15 is 0 Å². The summed E-state index contributed by atoms with van der Waals surface area (Å²) in [6.45, 7) is 0. The topological polar surface area (TPSA) is 107 Å². The molecule has 3 N–H and O–H groups in total. The minimum atomic E-state index is -5.15. The van der Waals surface area contributed by atoms with Crippen molar-refractivity contribution in [3.05, 3.63) is 27.3 Å². The Hall–Kier alpha value is -1.08. The molecule has 1 rings (SSSR count). The summed E-state index contributed by atoms with van der Waals surface area (Å²) in [6, 6.07) is 4.01. The van der Waals surface area contributed by atoms with Gasteiger partial charge in [0.05, 0.1) is 5.56 Å². The monoisotopic (exact) mass is 439 g/mol. The number of hydrogen-bond acceptors (Lipinski definition) is 5. The van der Waals surface area contributed by atoms with Gasteiger partial charge in [-0.05, 0) is 40.8 Å². The first-order valence-corrected chi connectivity index (χ1v) is 7.87. The van der Waals surface area contributed by atoms with E-state index in [4.69, 9.17) is 10.3 Å². The summed E-state index contributed by atoms with van der Waals surface area (Å²) in [7, 11) is -4.98. The average Bonchev–Trinajstić information content (AvgIpc) is 2.28. The van der Waals surface area contributed by atoms with Gasteiger partial charge in [0.15, 0.2) is 0 Å². The predicted molar refractivity (Wildman–Crippen MR) is 75.2 cm³/mol. The SMILES string of the molecule is Nc1ccc(I)cc1C(=O)OC(CS(=O)(=O)O)C(F)(F)F. The number of carbonyl (C=O) groups excluding carboxylic acids is 1. The van der Waals surface area contributed by atoms with Crippen LogP contribution in [0.4, 0.5) is 18.9 Å². The summed E-state index contributed by atoms with van der Waals surface area (Å²) in [4.78, 5) is 11.7. The number of halogens is 4. The molecule has 0 spiro atoms. The number of rotatable bonds is 4. The van der Waals surface area contributed by atoms with E-state index in [9.17, 15) is 26.4 Å². The van der Waals surface area contributed by atoms with Crippen LogP contribution in [0.2, 0.25) is 0 Å². The molecule has 11 heteroatoms. The zero-order valence-electron chi connectivity index (χ0n) is 10.1. The van der Waals surface area contributed by atoms with Crippen molar-refractivity contribution in [2.24, 2.45) is 0 Å². The highest BCUT2D eigenvalue weighted by atomic mass is 127. The molecule has 1 atom stereocenters. The van der Waals surface area contributed by atoms with E-state index in [-0.39, 0.29) is 11.3 Å². The van der Waals surface area contributed by atoms with Gasteiger partial charge >= 0.3 is 12.1 Å². The lowest BCUT2D eigenvalue weighted by Crippen LogP contribution is -2.39. The minimum absolute atomic E-state index is 0.117. The van der Waals surface area contributed by atoms with E-state index < -0.39 is 34.1 Å². The van der Waals surface area contributed by atoms with Crippen LogP contribution < -0.4 is 5.73 Å². The lowest BCUT2D eigenvalue weighted by Gasteiger charge is -2.19. The molecule has 1 aromatic carbocycles. The third kappa shape index (κ3) is 5.67. The lowest BCUT2D eigenvalue weighted by atomic mass is 10.2. The van der Waals surface area contributed by atoms with E-state index in [2.05, 4.69) is 4.74 Å². The van der Waals surface area contributed by atoms with Crippen molar-refractivity contribution in [3.8, 4) is 0 Å². The van der Waals surface area contributed by atoms with Gasteiger partial charge in [0, 0.05) is 9.26 Å². The fourth-order valence-electron chi connectivity index (χ4n) is 1.28. The quantitative estimate of drug-likeness (QED) is 0.321. The molecule has 0 fully saturated rings. The molecule has 21 heavy (non-hydrogen) atoms. The second kappa shape index (κ2) is 6.36. The number of esters is 1. The highest BCUT2D eigenvalue weighted by molar-refractivity contribution is 14.1. The van der Waals surface area contributed by atoms with Gasteiger partial charge in [-0.3, -0.25) is 4.55 Å². The molecular formula is C10H9F3INO5S. The zero-order chi connectivity index (χ0) is 16.4. The number of carbonyl (C=O) groups is 1. The lowest BCUT2D eigenvalue weighted by molar-refractivity contribution is -0.197. The standard InChI is InChI=1S/C10H9F3INO5S/c11-10(12,13)8(4-21(17,18)19)20-9(16)6-3-5(14)1-2-7(6)15/h1-3,8H,4,15H2,(H,17,18,19). The number of ether oxygens (including phenoxy) is 1. The molecule has 0 aliphatic carbocycles. The Morgan fingerprint density at radius 2 is 2.00 bits per heavy atom. The Bertz CT molecular complexity index is 647. The second-order valence-corrected chi connectivity index (χ2v) is 6.66. The van der Waals surface area contributed by atoms with E-state index in [1.165, 1.54) is 18.2 Å². The summed E-state index contributed by atoms with van der Waals surface area (Å²) in [5.41, 5.74) is 5.00. The summed E-state index contributed by atoms with van der Waals surface area (Å²) in [6.07, 6.45) is -8.14. The fourth-order valence-corrected chi connectivity index (χ4v) is 2.42. The van der Waals surface area contributed by atoms with E-state index in [0.717, 1.165) is 0 Å². The number of nitrogen functional groups attached to an aromatic ring is 1. The Labute approximate surface area is 131 Å². The van der Waals surface area contributed by atoms with Crippen LogP contribution in [0.5, 0.6) is 0 Å². The number of nitrogens with two attached hydrogens (primary N) is 1. The molecule has 0 amide bonds. The van der Waals surface area contributed by atoms with Crippen LogP contribution in [0.25, 0.3) is 0 Å². The maximum Gasteiger partial charge on any atom is 0.426 e. The molecule has 0 aromatic heterocycles. The van der Waals surface area contributed by atoms with Gasteiger partial charge < -0.3 is 10.5 Å². The second-order valence-electron chi connectivity index (χ2n) is 3.92. The highest BCUT2D eigenvalue weighted by Crippen LogP contribution is 2.26. The number of anilines is 1. The first-order chi connectivity index (χ1) is 9.40. The van der Waals surface area contributed by atoms with Crippen molar-refractivity contribution in [3.63, 3.8) is 0 Å². The molecule has 1 unspecified atom stereocenters. The molecule has 1 aromatic rings. The van der Waals surface area contributed by atoms with E-state index in [0.29, 0.717) is 3.57 Å². The first-order valence-electron chi connectivity index (χ1n) is 5.18. The minimum Gasteiger partial charge on any atom is -0.448 e. The third-order valence-corrected chi connectivity index (χ3v) is 3.61. The van der Waals surface area contributed by atoms with Crippen molar-refractivity contribution in [1.82, 2.24) is 0 Å². The van der Waals surface area contributed by atoms with E-state index in [1.54, 1.807) is 22.6 Å². The van der Waals surface area contributed by atoms with Crippen LogP contribution in [0.3, 0.4) is 0 Å². The van der Waals surface area contributed by atoms with Gasteiger partial charge in [-0.15, -0.1) is 0 Å². The molecule has 6 nitrogen and oxygen atoms in total. The smallest absolute Gasteiger partial charge is 0.426 e. The largest absolute Gasteiger partial charge is 0.448 e. The molecule has 0 radical (unpaired) electrons. The predicted octanol–water partition coefficient (Wildman–Crippen LogP) is 1.85. The van der Waals surface area contributed by atoms with Gasteiger partial charge in [-0.25, -0.2) is 4.79 Å². The normalized spacial score (nSPS) is 13.8. The first kappa shape index (κ1) is 18.0.